The molecule has 0 heterocycles. The van der Waals surface area contributed by atoms with Crippen molar-refractivity contribution in [1.29, 1.82) is 5.26 Å². The van der Waals surface area contributed by atoms with E-state index in [1.807, 2.05) is 11.9 Å². The maximum absolute atomic E-state index is 12.6. The van der Waals surface area contributed by atoms with E-state index in [1.165, 1.54) is 11.1 Å². The molecule has 3 nitrogen and oxygen atoms in total. The van der Waals surface area contributed by atoms with Gasteiger partial charge in [0.15, 0.2) is 0 Å². The SMILES string of the molecule is CN(C(=O)c1cccc(C#N)c1)C1CCc2ccccc2C1. The standard InChI is InChI=1S/C19H18N2O/c1-21(19(22)17-8-4-5-14(11-17)13-20)18-10-9-15-6-2-3-7-16(15)12-18/h2-8,11,18H,9-10,12H2,1H3. The molecule has 1 unspecified atom stereocenters. The second-order valence-corrected chi connectivity index (χ2v) is 5.77. The molecule has 2 aromatic carbocycles. The summed E-state index contributed by atoms with van der Waals surface area (Å²) in [5, 5.41) is 8.97. The fourth-order valence-corrected chi connectivity index (χ4v) is 3.10. The Labute approximate surface area is 130 Å². The van der Waals surface area contributed by atoms with E-state index in [0.29, 0.717) is 11.1 Å². The molecule has 1 aliphatic carbocycles. The van der Waals surface area contributed by atoms with Crippen molar-refractivity contribution in [3.05, 3.63) is 70.8 Å². The first-order valence-electron chi connectivity index (χ1n) is 7.53. The Morgan fingerprint density at radius 3 is 2.73 bits per heavy atom. The minimum Gasteiger partial charge on any atom is -0.338 e. The smallest absolute Gasteiger partial charge is 0.253 e. The van der Waals surface area contributed by atoms with E-state index in [2.05, 4.69) is 30.3 Å². The fraction of sp³-hybridized carbons (Fsp3) is 0.263. The van der Waals surface area contributed by atoms with Crippen LogP contribution in [0.1, 0.15) is 33.5 Å². The number of carbonyl (C=O) groups is 1. The van der Waals surface area contributed by atoms with Crippen molar-refractivity contribution in [3.63, 3.8) is 0 Å². The van der Waals surface area contributed by atoms with Gasteiger partial charge in [-0.3, -0.25) is 4.79 Å². The summed E-state index contributed by atoms with van der Waals surface area (Å²) in [5.74, 6) is -0.0125. The van der Waals surface area contributed by atoms with Crippen LogP contribution in [0.25, 0.3) is 0 Å². The monoisotopic (exact) mass is 290 g/mol. The highest BCUT2D eigenvalue weighted by Crippen LogP contribution is 2.24. The Hall–Kier alpha value is -2.60. The number of carbonyl (C=O) groups excluding carboxylic acids is 1. The van der Waals surface area contributed by atoms with Gasteiger partial charge in [-0.05, 0) is 48.6 Å². The number of hydrogen-bond donors (Lipinski definition) is 0. The minimum absolute atomic E-state index is 0.0125. The van der Waals surface area contributed by atoms with Crippen LogP contribution < -0.4 is 0 Å². The van der Waals surface area contributed by atoms with E-state index in [0.717, 1.165) is 19.3 Å². The quantitative estimate of drug-likeness (QED) is 0.852. The van der Waals surface area contributed by atoms with Crippen LogP contribution in [0, 0.1) is 11.3 Å². The van der Waals surface area contributed by atoms with Crippen LogP contribution in [0.3, 0.4) is 0 Å². The van der Waals surface area contributed by atoms with Gasteiger partial charge in [0.25, 0.3) is 5.91 Å². The zero-order chi connectivity index (χ0) is 15.5. The average Bonchev–Trinajstić information content (AvgIpc) is 2.60. The number of benzene rings is 2. The molecular weight excluding hydrogens is 272 g/mol. The van der Waals surface area contributed by atoms with Crippen molar-refractivity contribution in [2.24, 2.45) is 0 Å². The topological polar surface area (TPSA) is 44.1 Å². The van der Waals surface area contributed by atoms with Gasteiger partial charge in [-0.2, -0.15) is 5.26 Å². The van der Waals surface area contributed by atoms with Crippen molar-refractivity contribution in [2.75, 3.05) is 7.05 Å². The van der Waals surface area contributed by atoms with Gasteiger partial charge in [-0.1, -0.05) is 30.3 Å². The molecule has 1 aliphatic rings. The lowest BCUT2D eigenvalue weighted by atomic mass is 9.87. The van der Waals surface area contributed by atoms with Gasteiger partial charge in [0, 0.05) is 18.7 Å². The molecule has 2 aromatic rings. The molecule has 1 amide bonds. The fourth-order valence-electron chi connectivity index (χ4n) is 3.10. The molecule has 0 radical (unpaired) electrons. The normalized spacial score (nSPS) is 16.5. The number of likely N-dealkylation sites (N-methyl/N-ethyl adjacent to an activating group) is 1. The molecule has 0 aliphatic heterocycles. The molecule has 110 valence electrons. The molecule has 0 saturated heterocycles. The predicted molar refractivity (Wildman–Crippen MR) is 85.5 cm³/mol. The van der Waals surface area contributed by atoms with E-state index in [9.17, 15) is 4.79 Å². The molecule has 0 aromatic heterocycles. The lowest BCUT2D eigenvalue weighted by molar-refractivity contribution is 0.0719. The highest BCUT2D eigenvalue weighted by molar-refractivity contribution is 5.94. The Morgan fingerprint density at radius 1 is 1.18 bits per heavy atom. The van der Waals surface area contributed by atoms with Crippen molar-refractivity contribution in [1.82, 2.24) is 4.90 Å². The van der Waals surface area contributed by atoms with Crippen LogP contribution in [0.5, 0.6) is 0 Å². The summed E-state index contributed by atoms with van der Waals surface area (Å²) in [4.78, 5) is 14.5. The van der Waals surface area contributed by atoms with Gasteiger partial charge in [-0.25, -0.2) is 0 Å². The summed E-state index contributed by atoms with van der Waals surface area (Å²) < 4.78 is 0. The first-order valence-corrected chi connectivity index (χ1v) is 7.53. The highest BCUT2D eigenvalue weighted by atomic mass is 16.2. The zero-order valence-corrected chi connectivity index (χ0v) is 12.6. The Bertz CT molecular complexity index is 745. The van der Waals surface area contributed by atoms with Gasteiger partial charge in [0.1, 0.15) is 0 Å². The number of amides is 1. The average molecular weight is 290 g/mol. The van der Waals surface area contributed by atoms with Crippen LogP contribution >= 0.6 is 0 Å². The molecule has 3 rings (SSSR count). The molecule has 0 spiro atoms. The molecule has 0 saturated carbocycles. The van der Waals surface area contributed by atoms with Crippen molar-refractivity contribution in [3.8, 4) is 6.07 Å². The summed E-state index contributed by atoms with van der Waals surface area (Å²) in [7, 11) is 1.86. The molecule has 0 N–H and O–H groups in total. The van der Waals surface area contributed by atoms with Crippen molar-refractivity contribution in [2.45, 2.75) is 25.3 Å². The maximum Gasteiger partial charge on any atom is 0.253 e. The third kappa shape index (κ3) is 2.73. The Balaban J connectivity index is 1.78. The number of nitrogens with zero attached hydrogens (tertiary/aromatic N) is 2. The number of hydrogen-bond acceptors (Lipinski definition) is 2. The van der Waals surface area contributed by atoms with E-state index >= 15 is 0 Å². The van der Waals surface area contributed by atoms with E-state index in [-0.39, 0.29) is 11.9 Å². The largest absolute Gasteiger partial charge is 0.338 e. The third-order valence-electron chi connectivity index (χ3n) is 4.43. The van der Waals surface area contributed by atoms with Gasteiger partial charge in [0.05, 0.1) is 11.6 Å². The summed E-state index contributed by atoms with van der Waals surface area (Å²) in [6.07, 6.45) is 2.89. The highest BCUT2D eigenvalue weighted by Gasteiger charge is 2.25. The van der Waals surface area contributed by atoms with Crippen LogP contribution in [0.15, 0.2) is 48.5 Å². The summed E-state index contributed by atoms with van der Waals surface area (Å²) in [6, 6.07) is 17.7. The van der Waals surface area contributed by atoms with Gasteiger partial charge in [-0.15, -0.1) is 0 Å². The summed E-state index contributed by atoms with van der Waals surface area (Å²) >= 11 is 0. The van der Waals surface area contributed by atoms with E-state index in [4.69, 9.17) is 5.26 Å². The lowest BCUT2D eigenvalue weighted by Gasteiger charge is -2.32. The molecule has 3 heteroatoms. The van der Waals surface area contributed by atoms with Crippen molar-refractivity contribution < 1.29 is 4.79 Å². The zero-order valence-electron chi connectivity index (χ0n) is 12.6. The van der Waals surface area contributed by atoms with E-state index in [1.54, 1.807) is 24.3 Å². The van der Waals surface area contributed by atoms with E-state index < -0.39 is 0 Å². The third-order valence-corrected chi connectivity index (χ3v) is 4.43. The number of fused-ring (bicyclic) bond motifs is 1. The first-order chi connectivity index (χ1) is 10.7. The predicted octanol–water partition coefficient (Wildman–Crippen LogP) is 3.19. The van der Waals surface area contributed by atoms with Gasteiger partial charge in [0.2, 0.25) is 0 Å². The number of aryl methyl sites for hydroxylation is 1. The Kier molecular flexibility index (Phi) is 3.93. The van der Waals surface area contributed by atoms with Crippen molar-refractivity contribution >= 4 is 5.91 Å². The van der Waals surface area contributed by atoms with Crippen LogP contribution in [0.2, 0.25) is 0 Å². The molecule has 0 bridgehead atoms. The number of nitriles is 1. The minimum atomic E-state index is -0.0125. The summed E-state index contributed by atoms with van der Waals surface area (Å²) in [5.41, 5.74) is 3.84. The van der Waals surface area contributed by atoms with Gasteiger partial charge < -0.3 is 4.90 Å². The summed E-state index contributed by atoms with van der Waals surface area (Å²) in [6.45, 7) is 0. The van der Waals surface area contributed by atoms with Crippen LogP contribution in [-0.2, 0) is 12.8 Å². The molecule has 0 fully saturated rings. The molecular formula is C19H18N2O. The molecule has 22 heavy (non-hydrogen) atoms. The van der Waals surface area contributed by atoms with Gasteiger partial charge >= 0.3 is 0 Å². The second-order valence-electron chi connectivity index (χ2n) is 5.77. The number of rotatable bonds is 2. The Morgan fingerprint density at radius 2 is 1.95 bits per heavy atom. The lowest BCUT2D eigenvalue weighted by Crippen LogP contribution is -2.40. The molecule has 1 atom stereocenters. The van der Waals surface area contributed by atoms with Crippen LogP contribution in [0.4, 0.5) is 0 Å². The first kappa shape index (κ1) is 14.3. The second kappa shape index (κ2) is 6.03. The maximum atomic E-state index is 12.6. The van der Waals surface area contributed by atoms with Crippen LogP contribution in [-0.4, -0.2) is 23.9 Å².